The van der Waals surface area contributed by atoms with Gasteiger partial charge >= 0.3 is 0 Å². The lowest BCUT2D eigenvalue weighted by atomic mass is 9.74. The van der Waals surface area contributed by atoms with E-state index in [9.17, 15) is 4.39 Å². The molecular formula is C13H19FN2. The minimum absolute atomic E-state index is 0.193. The van der Waals surface area contributed by atoms with E-state index >= 15 is 0 Å². The fraction of sp³-hybridized carbons (Fsp3) is 0.538. The summed E-state index contributed by atoms with van der Waals surface area (Å²) in [6.45, 7) is 3.94. The highest BCUT2D eigenvalue weighted by Crippen LogP contribution is 2.39. The number of rotatable bonds is 3. The zero-order valence-corrected chi connectivity index (χ0v) is 9.94. The number of hydrogen-bond acceptors (Lipinski definition) is 2. The lowest BCUT2D eigenvalue weighted by molar-refractivity contribution is 0.269. The summed E-state index contributed by atoms with van der Waals surface area (Å²) in [5.41, 5.74) is 8.04. The minimum Gasteiger partial charge on any atom is -0.397 e. The Morgan fingerprint density at radius 1 is 1.44 bits per heavy atom. The summed E-state index contributed by atoms with van der Waals surface area (Å²) in [5.74, 6) is -0.234. The Hall–Kier alpha value is -1.25. The molecule has 16 heavy (non-hydrogen) atoms. The topological polar surface area (TPSA) is 38.0 Å². The van der Waals surface area contributed by atoms with Crippen LogP contribution in [0, 0.1) is 12.7 Å². The van der Waals surface area contributed by atoms with Crippen molar-refractivity contribution in [1.29, 1.82) is 0 Å². The van der Waals surface area contributed by atoms with Gasteiger partial charge in [0.1, 0.15) is 5.82 Å². The number of nitrogen functional groups attached to an aromatic ring is 1. The maximum Gasteiger partial charge on any atom is 0.128 e. The van der Waals surface area contributed by atoms with Crippen molar-refractivity contribution in [1.82, 2.24) is 0 Å². The summed E-state index contributed by atoms with van der Waals surface area (Å²) < 4.78 is 13.3. The zero-order valence-electron chi connectivity index (χ0n) is 9.94. The maximum atomic E-state index is 13.3. The second kappa shape index (κ2) is 3.96. The Morgan fingerprint density at radius 3 is 2.62 bits per heavy atom. The van der Waals surface area contributed by atoms with Crippen molar-refractivity contribution in [3.05, 3.63) is 23.5 Å². The summed E-state index contributed by atoms with van der Waals surface area (Å²) in [5, 5.41) is 3.49. The predicted octanol–water partition coefficient (Wildman–Crippen LogP) is 3.46. The molecule has 1 fully saturated rings. The van der Waals surface area contributed by atoms with Crippen LogP contribution in [0.3, 0.4) is 0 Å². The van der Waals surface area contributed by atoms with Crippen molar-refractivity contribution in [3.8, 4) is 0 Å². The molecule has 0 aromatic heterocycles. The molecule has 0 amide bonds. The van der Waals surface area contributed by atoms with E-state index in [2.05, 4.69) is 12.2 Å². The fourth-order valence-corrected chi connectivity index (χ4v) is 2.26. The zero-order chi connectivity index (χ0) is 11.8. The van der Waals surface area contributed by atoms with Crippen LogP contribution < -0.4 is 11.1 Å². The number of aryl methyl sites for hydroxylation is 1. The summed E-state index contributed by atoms with van der Waals surface area (Å²) in [6.07, 6.45) is 4.71. The average molecular weight is 222 g/mol. The summed E-state index contributed by atoms with van der Waals surface area (Å²) in [4.78, 5) is 0. The van der Waals surface area contributed by atoms with E-state index in [1.165, 1.54) is 25.3 Å². The van der Waals surface area contributed by atoms with E-state index in [0.717, 1.165) is 12.1 Å². The highest BCUT2D eigenvalue weighted by atomic mass is 19.1. The van der Waals surface area contributed by atoms with Gasteiger partial charge in [-0.25, -0.2) is 4.39 Å². The van der Waals surface area contributed by atoms with Gasteiger partial charge < -0.3 is 11.1 Å². The van der Waals surface area contributed by atoms with E-state index in [1.54, 1.807) is 13.0 Å². The van der Waals surface area contributed by atoms with Gasteiger partial charge in [0.05, 0.1) is 11.4 Å². The Kier molecular flexibility index (Phi) is 2.78. The summed E-state index contributed by atoms with van der Waals surface area (Å²) in [6, 6.07) is 3.21. The van der Waals surface area contributed by atoms with Gasteiger partial charge in [-0.05, 0) is 50.3 Å². The first-order valence-electron chi connectivity index (χ1n) is 5.90. The van der Waals surface area contributed by atoms with Crippen LogP contribution in [0.25, 0.3) is 0 Å². The smallest absolute Gasteiger partial charge is 0.128 e. The van der Waals surface area contributed by atoms with Crippen molar-refractivity contribution >= 4 is 11.4 Å². The number of hydrogen-bond donors (Lipinski definition) is 2. The van der Waals surface area contributed by atoms with Crippen molar-refractivity contribution in [2.24, 2.45) is 0 Å². The third kappa shape index (κ3) is 1.86. The lowest BCUT2D eigenvalue weighted by Gasteiger charge is -2.43. The average Bonchev–Trinajstić information content (AvgIpc) is 2.19. The van der Waals surface area contributed by atoms with E-state index in [4.69, 9.17) is 5.73 Å². The molecule has 0 spiro atoms. The number of nitrogens with one attached hydrogen (secondary N) is 1. The molecule has 3 heteroatoms. The van der Waals surface area contributed by atoms with Crippen molar-refractivity contribution in [3.63, 3.8) is 0 Å². The molecule has 0 unspecified atom stereocenters. The summed E-state index contributed by atoms with van der Waals surface area (Å²) >= 11 is 0. The van der Waals surface area contributed by atoms with Crippen LogP contribution in [0.15, 0.2) is 12.1 Å². The van der Waals surface area contributed by atoms with E-state index in [0.29, 0.717) is 11.3 Å². The van der Waals surface area contributed by atoms with Gasteiger partial charge in [-0.1, -0.05) is 6.92 Å². The number of anilines is 2. The first kappa shape index (κ1) is 11.2. The molecule has 1 aliphatic carbocycles. The molecule has 1 aromatic rings. The van der Waals surface area contributed by atoms with Gasteiger partial charge in [0, 0.05) is 5.54 Å². The van der Waals surface area contributed by atoms with Crippen LogP contribution in [0.1, 0.15) is 38.2 Å². The fourth-order valence-electron chi connectivity index (χ4n) is 2.26. The molecule has 1 aromatic carbocycles. The Morgan fingerprint density at radius 2 is 2.12 bits per heavy atom. The van der Waals surface area contributed by atoms with E-state index in [-0.39, 0.29) is 11.4 Å². The van der Waals surface area contributed by atoms with Crippen LogP contribution in [0.5, 0.6) is 0 Å². The van der Waals surface area contributed by atoms with Gasteiger partial charge in [0.2, 0.25) is 0 Å². The Labute approximate surface area is 96.0 Å². The van der Waals surface area contributed by atoms with Crippen molar-refractivity contribution < 1.29 is 4.39 Å². The molecule has 0 atom stereocenters. The van der Waals surface area contributed by atoms with Crippen LogP contribution in [-0.4, -0.2) is 5.54 Å². The third-order valence-electron chi connectivity index (χ3n) is 3.72. The third-order valence-corrected chi connectivity index (χ3v) is 3.72. The number of nitrogens with two attached hydrogens (primary N) is 1. The van der Waals surface area contributed by atoms with Crippen LogP contribution in [-0.2, 0) is 0 Å². The standard InChI is InChI=1S/C13H19FN2/c1-3-13(5-4-6-13)16-12-7-9(2)10(14)8-11(12)15/h7-8,16H,3-6,15H2,1-2H3. The van der Waals surface area contributed by atoms with Crippen LogP contribution >= 0.6 is 0 Å². The first-order valence-corrected chi connectivity index (χ1v) is 5.90. The lowest BCUT2D eigenvalue weighted by Crippen LogP contribution is -2.44. The number of halogens is 1. The van der Waals surface area contributed by atoms with Gasteiger partial charge in [0.25, 0.3) is 0 Å². The highest BCUT2D eigenvalue weighted by Gasteiger charge is 2.35. The molecule has 3 N–H and O–H groups in total. The Balaban J connectivity index is 2.24. The minimum atomic E-state index is -0.234. The molecule has 0 radical (unpaired) electrons. The normalized spacial score (nSPS) is 17.9. The largest absolute Gasteiger partial charge is 0.397 e. The second-order valence-corrected chi connectivity index (χ2v) is 4.80. The van der Waals surface area contributed by atoms with Gasteiger partial charge in [-0.15, -0.1) is 0 Å². The highest BCUT2D eigenvalue weighted by molar-refractivity contribution is 5.68. The predicted molar refractivity (Wildman–Crippen MR) is 66.0 cm³/mol. The van der Waals surface area contributed by atoms with Crippen molar-refractivity contribution in [2.75, 3.05) is 11.1 Å². The SMILES string of the molecule is CCC1(Nc2cc(C)c(F)cc2N)CCC1. The van der Waals surface area contributed by atoms with Crippen LogP contribution in [0.2, 0.25) is 0 Å². The molecule has 0 saturated heterocycles. The maximum absolute atomic E-state index is 13.3. The molecule has 0 heterocycles. The molecule has 1 saturated carbocycles. The van der Waals surface area contributed by atoms with Gasteiger partial charge in [0.15, 0.2) is 0 Å². The molecule has 0 bridgehead atoms. The monoisotopic (exact) mass is 222 g/mol. The first-order chi connectivity index (χ1) is 7.56. The van der Waals surface area contributed by atoms with E-state index < -0.39 is 0 Å². The number of benzene rings is 1. The quantitative estimate of drug-likeness (QED) is 0.769. The molecule has 2 nitrogen and oxygen atoms in total. The van der Waals surface area contributed by atoms with Gasteiger partial charge in [-0.2, -0.15) is 0 Å². The molecule has 2 rings (SSSR count). The molecule has 1 aliphatic rings. The summed E-state index contributed by atoms with van der Waals surface area (Å²) in [7, 11) is 0. The Bertz CT molecular complexity index is 392. The molecular weight excluding hydrogens is 203 g/mol. The van der Waals surface area contributed by atoms with Gasteiger partial charge in [-0.3, -0.25) is 0 Å². The van der Waals surface area contributed by atoms with Crippen molar-refractivity contribution in [2.45, 2.75) is 45.1 Å². The molecule has 88 valence electrons. The molecule has 0 aliphatic heterocycles. The van der Waals surface area contributed by atoms with E-state index in [1.807, 2.05) is 0 Å². The van der Waals surface area contributed by atoms with Crippen LogP contribution in [0.4, 0.5) is 15.8 Å². The second-order valence-electron chi connectivity index (χ2n) is 4.80.